The lowest BCUT2D eigenvalue weighted by molar-refractivity contribution is -0.142. The van der Waals surface area contributed by atoms with Gasteiger partial charge in [0.05, 0.1) is 24.8 Å². The maximum atomic E-state index is 11.3. The SMILES string of the molecule is CCOC(=O)CCN(C)c1nnccc1C(N)=S. The molecule has 0 fully saturated rings. The van der Waals surface area contributed by atoms with Gasteiger partial charge in [0, 0.05) is 13.6 Å². The van der Waals surface area contributed by atoms with Crippen LogP contribution in [-0.4, -0.2) is 41.4 Å². The summed E-state index contributed by atoms with van der Waals surface area (Å²) in [5.41, 5.74) is 6.25. The molecule has 1 heterocycles. The Bertz CT molecular complexity index is 439. The smallest absolute Gasteiger partial charge is 0.307 e. The lowest BCUT2D eigenvalue weighted by Crippen LogP contribution is -2.26. The molecule has 98 valence electrons. The van der Waals surface area contributed by atoms with Crippen LogP contribution in [0, 0.1) is 0 Å². The van der Waals surface area contributed by atoms with Gasteiger partial charge in [0.1, 0.15) is 4.99 Å². The molecule has 6 nitrogen and oxygen atoms in total. The first-order valence-corrected chi connectivity index (χ1v) is 5.95. The summed E-state index contributed by atoms with van der Waals surface area (Å²) in [5.74, 6) is 0.319. The summed E-state index contributed by atoms with van der Waals surface area (Å²) in [7, 11) is 1.80. The number of aromatic nitrogens is 2. The van der Waals surface area contributed by atoms with Gasteiger partial charge in [-0.05, 0) is 13.0 Å². The Balaban J connectivity index is 2.69. The Morgan fingerprint density at radius 1 is 1.61 bits per heavy atom. The van der Waals surface area contributed by atoms with Crippen LogP contribution in [0.15, 0.2) is 12.3 Å². The molecule has 0 amide bonds. The Labute approximate surface area is 111 Å². The van der Waals surface area contributed by atoms with Crippen molar-refractivity contribution >= 4 is 29.0 Å². The van der Waals surface area contributed by atoms with Gasteiger partial charge in [-0.15, -0.1) is 5.10 Å². The summed E-state index contributed by atoms with van der Waals surface area (Å²) in [5, 5.41) is 7.77. The van der Waals surface area contributed by atoms with Crippen LogP contribution in [0.1, 0.15) is 18.9 Å². The van der Waals surface area contributed by atoms with Gasteiger partial charge in [0.15, 0.2) is 5.82 Å². The number of nitrogens with two attached hydrogens (primary N) is 1. The lowest BCUT2D eigenvalue weighted by atomic mass is 10.2. The van der Waals surface area contributed by atoms with E-state index in [-0.39, 0.29) is 17.4 Å². The van der Waals surface area contributed by atoms with E-state index in [4.69, 9.17) is 22.7 Å². The van der Waals surface area contributed by atoms with E-state index >= 15 is 0 Å². The van der Waals surface area contributed by atoms with E-state index < -0.39 is 0 Å². The van der Waals surface area contributed by atoms with Crippen molar-refractivity contribution in [1.82, 2.24) is 10.2 Å². The van der Waals surface area contributed by atoms with Gasteiger partial charge >= 0.3 is 5.97 Å². The molecule has 2 N–H and O–H groups in total. The van der Waals surface area contributed by atoms with E-state index in [2.05, 4.69) is 10.2 Å². The summed E-state index contributed by atoms with van der Waals surface area (Å²) in [4.78, 5) is 13.3. The van der Waals surface area contributed by atoms with Gasteiger partial charge in [0.25, 0.3) is 0 Å². The number of hydrogen-bond acceptors (Lipinski definition) is 6. The third kappa shape index (κ3) is 3.92. The van der Waals surface area contributed by atoms with Crippen molar-refractivity contribution in [2.75, 3.05) is 25.1 Å². The number of esters is 1. The minimum Gasteiger partial charge on any atom is -0.466 e. The number of ether oxygens (including phenoxy) is 1. The summed E-state index contributed by atoms with van der Waals surface area (Å²) in [6.07, 6.45) is 1.80. The Morgan fingerprint density at radius 3 is 2.94 bits per heavy atom. The van der Waals surface area contributed by atoms with Crippen LogP contribution in [-0.2, 0) is 9.53 Å². The highest BCUT2D eigenvalue weighted by Gasteiger charge is 2.13. The summed E-state index contributed by atoms with van der Waals surface area (Å²) in [6.45, 7) is 2.62. The van der Waals surface area contributed by atoms with Gasteiger partial charge in [-0.1, -0.05) is 12.2 Å². The van der Waals surface area contributed by atoms with Crippen molar-refractivity contribution in [3.8, 4) is 0 Å². The maximum Gasteiger partial charge on any atom is 0.307 e. The molecule has 1 aromatic rings. The van der Waals surface area contributed by atoms with Crippen LogP contribution in [0.25, 0.3) is 0 Å². The van der Waals surface area contributed by atoms with Gasteiger partial charge in [-0.2, -0.15) is 5.10 Å². The molecule has 0 unspecified atom stereocenters. The molecule has 0 atom stereocenters. The largest absolute Gasteiger partial charge is 0.466 e. The first kappa shape index (κ1) is 14.3. The molecule has 0 spiro atoms. The first-order chi connectivity index (χ1) is 8.56. The van der Waals surface area contributed by atoms with Crippen LogP contribution < -0.4 is 10.6 Å². The average Bonchev–Trinajstić information content (AvgIpc) is 2.36. The second-order valence-corrected chi connectivity index (χ2v) is 4.05. The van der Waals surface area contributed by atoms with Crippen LogP contribution in [0.4, 0.5) is 5.82 Å². The molecule has 0 aliphatic carbocycles. The van der Waals surface area contributed by atoms with Gasteiger partial charge < -0.3 is 15.4 Å². The van der Waals surface area contributed by atoms with Crippen LogP contribution in [0.3, 0.4) is 0 Å². The van der Waals surface area contributed by atoms with Crippen molar-refractivity contribution in [1.29, 1.82) is 0 Å². The lowest BCUT2D eigenvalue weighted by Gasteiger charge is -2.19. The molecule has 0 radical (unpaired) electrons. The van der Waals surface area contributed by atoms with Gasteiger partial charge in [-0.25, -0.2) is 0 Å². The highest BCUT2D eigenvalue weighted by molar-refractivity contribution is 7.80. The van der Waals surface area contributed by atoms with Gasteiger partial charge in [0.2, 0.25) is 0 Å². The highest BCUT2D eigenvalue weighted by Crippen LogP contribution is 2.14. The molecule has 0 aromatic carbocycles. The molecule has 0 saturated carbocycles. The molecule has 1 rings (SSSR count). The minimum absolute atomic E-state index is 0.245. The molecule has 18 heavy (non-hydrogen) atoms. The zero-order valence-corrected chi connectivity index (χ0v) is 11.2. The normalized spacial score (nSPS) is 9.89. The predicted molar refractivity (Wildman–Crippen MR) is 72.4 cm³/mol. The number of carbonyl (C=O) groups is 1. The highest BCUT2D eigenvalue weighted by atomic mass is 32.1. The molecule has 1 aromatic heterocycles. The molecule has 0 saturated heterocycles. The Hall–Kier alpha value is -1.76. The van der Waals surface area contributed by atoms with Crippen molar-refractivity contribution in [2.24, 2.45) is 5.73 Å². The monoisotopic (exact) mass is 268 g/mol. The second kappa shape index (κ2) is 6.85. The number of nitrogens with zero attached hydrogens (tertiary/aromatic N) is 3. The van der Waals surface area contributed by atoms with E-state index in [0.717, 1.165) is 0 Å². The van der Waals surface area contributed by atoms with Crippen molar-refractivity contribution in [2.45, 2.75) is 13.3 Å². The van der Waals surface area contributed by atoms with E-state index in [0.29, 0.717) is 24.5 Å². The zero-order chi connectivity index (χ0) is 13.5. The molecule has 7 heteroatoms. The number of anilines is 1. The van der Waals surface area contributed by atoms with Gasteiger partial charge in [-0.3, -0.25) is 4.79 Å². The minimum atomic E-state index is -0.245. The average molecular weight is 268 g/mol. The fourth-order valence-corrected chi connectivity index (χ4v) is 1.56. The third-order valence-electron chi connectivity index (χ3n) is 2.28. The third-order valence-corrected chi connectivity index (χ3v) is 2.50. The van der Waals surface area contributed by atoms with Crippen LogP contribution in [0.5, 0.6) is 0 Å². The molecule has 0 aliphatic heterocycles. The standard InChI is InChI=1S/C11H16N4O2S/c1-3-17-9(16)5-7-15(2)11-8(10(12)18)4-6-13-14-11/h4,6H,3,5,7H2,1-2H3,(H2,12,18). The van der Waals surface area contributed by atoms with Crippen LogP contribution in [0.2, 0.25) is 0 Å². The summed E-state index contributed by atoms with van der Waals surface area (Å²) in [6, 6.07) is 1.70. The summed E-state index contributed by atoms with van der Waals surface area (Å²) >= 11 is 4.94. The van der Waals surface area contributed by atoms with E-state index in [9.17, 15) is 4.79 Å². The molecular weight excluding hydrogens is 252 g/mol. The number of rotatable bonds is 6. The summed E-state index contributed by atoms with van der Waals surface area (Å²) < 4.78 is 4.85. The molecule has 0 bridgehead atoms. The molecule has 0 aliphatic rings. The quantitative estimate of drug-likeness (QED) is 0.594. The Morgan fingerprint density at radius 2 is 2.33 bits per heavy atom. The maximum absolute atomic E-state index is 11.3. The van der Waals surface area contributed by atoms with Crippen molar-refractivity contribution < 1.29 is 9.53 Å². The number of carbonyl (C=O) groups excluding carboxylic acids is 1. The van der Waals surface area contributed by atoms with E-state index in [1.165, 1.54) is 6.20 Å². The predicted octanol–water partition coefficient (Wildman–Crippen LogP) is 0.500. The topological polar surface area (TPSA) is 81.3 Å². The number of thiocarbonyl (C=S) groups is 1. The van der Waals surface area contributed by atoms with E-state index in [1.54, 1.807) is 24.9 Å². The fourth-order valence-electron chi connectivity index (χ4n) is 1.40. The van der Waals surface area contributed by atoms with Crippen molar-refractivity contribution in [3.63, 3.8) is 0 Å². The fraction of sp³-hybridized carbons (Fsp3) is 0.455. The van der Waals surface area contributed by atoms with Crippen LogP contribution >= 0.6 is 12.2 Å². The second-order valence-electron chi connectivity index (χ2n) is 3.61. The number of hydrogen-bond donors (Lipinski definition) is 1. The first-order valence-electron chi connectivity index (χ1n) is 5.54. The Kier molecular flexibility index (Phi) is 5.44. The van der Waals surface area contributed by atoms with Crippen molar-refractivity contribution in [3.05, 3.63) is 17.8 Å². The van der Waals surface area contributed by atoms with E-state index in [1.807, 2.05) is 0 Å². The zero-order valence-electron chi connectivity index (χ0n) is 10.4. The molecular formula is C11H16N4O2S.